The highest BCUT2D eigenvalue weighted by Crippen LogP contribution is 2.23. The molecule has 182 valence electrons. The van der Waals surface area contributed by atoms with Crippen LogP contribution in [0.4, 0.5) is 4.79 Å². The molecule has 3 fully saturated rings. The van der Waals surface area contributed by atoms with Gasteiger partial charge in [-0.25, -0.2) is 14.8 Å². The average molecular weight is 476 g/mol. The van der Waals surface area contributed by atoms with Gasteiger partial charge in [0.25, 0.3) is 5.91 Å². The summed E-state index contributed by atoms with van der Waals surface area (Å²) in [6.45, 7) is 6.29. The number of imide groups is 1. The highest BCUT2D eigenvalue weighted by Gasteiger charge is 2.28. The number of benzene rings is 1. The minimum absolute atomic E-state index is 0.153. The first kappa shape index (κ1) is 23.1. The molecule has 0 bridgehead atoms. The number of hydrogen-bond acceptors (Lipinski definition) is 7. The van der Waals surface area contributed by atoms with E-state index in [4.69, 9.17) is 9.73 Å². The summed E-state index contributed by atoms with van der Waals surface area (Å²) in [7, 11) is 0. The number of rotatable bonds is 7. The van der Waals surface area contributed by atoms with E-state index in [0.29, 0.717) is 17.6 Å². The minimum Gasteiger partial charge on any atom is -0.379 e. The van der Waals surface area contributed by atoms with Crippen molar-refractivity contribution in [2.45, 2.75) is 38.5 Å². The molecule has 35 heavy (non-hydrogen) atoms. The lowest BCUT2D eigenvalue weighted by Crippen LogP contribution is -2.35. The van der Waals surface area contributed by atoms with E-state index in [0.717, 1.165) is 57.0 Å². The second kappa shape index (κ2) is 10.3. The van der Waals surface area contributed by atoms with E-state index >= 15 is 0 Å². The molecule has 3 amide bonds. The number of amides is 3. The molecule has 2 saturated heterocycles. The van der Waals surface area contributed by atoms with E-state index in [9.17, 15) is 9.59 Å². The molecule has 10 heteroatoms. The molecule has 0 radical (unpaired) electrons. The minimum atomic E-state index is -0.542. The molecular formula is C25H29N7O3. The monoisotopic (exact) mass is 475 g/mol. The van der Waals surface area contributed by atoms with Crippen molar-refractivity contribution in [3.8, 4) is 0 Å². The summed E-state index contributed by atoms with van der Waals surface area (Å²) < 4.78 is 5.46. The summed E-state index contributed by atoms with van der Waals surface area (Å²) in [6, 6.07) is 8.28. The SMILES string of the molecule is C/C=C(\N=C(\NC1CC1)C1N=CC(/C=C2\NC(=O)NC2=O)=N1)c1cccc(CN2CCOCC2)c1. The topological polar surface area (TPSA) is 120 Å². The molecule has 4 aliphatic rings. The summed E-state index contributed by atoms with van der Waals surface area (Å²) in [4.78, 5) is 39.6. The number of urea groups is 1. The van der Waals surface area contributed by atoms with Crippen molar-refractivity contribution in [3.05, 3.63) is 53.2 Å². The van der Waals surface area contributed by atoms with Gasteiger partial charge in [-0.2, -0.15) is 0 Å². The molecule has 3 heterocycles. The van der Waals surface area contributed by atoms with Gasteiger partial charge in [0.15, 0.2) is 6.17 Å². The highest BCUT2D eigenvalue weighted by molar-refractivity contribution is 6.39. The van der Waals surface area contributed by atoms with Gasteiger partial charge >= 0.3 is 6.03 Å². The molecular weight excluding hydrogens is 446 g/mol. The van der Waals surface area contributed by atoms with Crippen molar-refractivity contribution in [2.75, 3.05) is 26.3 Å². The summed E-state index contributed by atoms with van der Waals surface area (Å²) in [6.07, 6.45) is 6.74. The second-order valence-electron chi connectivity index (χ2n) is 8.85. The van der Waals surface area contributed by atoms with E-state index in [1.807, 2.05) is 13.0 Å². The Kier molecular flexibility index (Phi) is 6.82. The Morgan fingerprint density at radius 2 is 2.09 bits per heavy atom. The largest absolute Gasteiger partial charge is 0.379 e. The molecule has 3 N–H and O–H groups in total. The van der Waals surface area contributed by atoms with Gasteiger partial charge in [0.1, 0.15) is 11.5 Å². The summed E-state index contributed by atoms with van der Waals surface area (Å²) in [5, 5.41) is 8.12. The average Bonchev–Trinajstić information content (AvgIpc) is 3.46. The van der Waals surface area contributed by atoms with Crippen LogP contribution in [0.25, 0.3) is 5.70 Å². The quantitative estimate of drug-likeness (QED) is 0.240. The third kappa shape index (κ3) is 5.90. The lowest BCUT2D eigenvalue weighted by atomic mass is 10.1. The van der Waals surface area contributed by atoms with Crippen LogP contribution in [0.15, 0.2) is 57.1 Å². The predicted octanol–water partition coefficient (Wildman–Crippen LogP) is 1.60. The Balaban J connectivity index is 1.36. The van der Waals surface area contributed by atoms with Gasteiger partial charge in [0, 0.05) is 37.5 Å². The summed E-state index contributed by atoms with van der Waals surface area (Å²) >= 11 is 0. The number of nitrogens with one attached hydrogen (secondary N) is 3. The zero-order chi connectivity index (χ0) is 24.2. The van der Waals surface area contributed by atoms with Gasteiger partial charge in [-0.15, -0.1) is 0 Å². The number of allylic oxidation sites excluding steroid dienone is 2. The van der Waals surface area contributed by atoms with Crippen molar-refractivity contribution in [2.24, 2.45) is 15.0 Å². The third-order valence-corrected chi connectivity index (χ3v) is 6.05. The molecule has 3 aliphatic heterocycles. The van der Waals surface area contributed by atoms with Crippen molar-refractivity contribution < 1.29 is 14.3 Å². The molecule has 1 aromatic carbocycles. The smallest absolute Gasteiger partial charge is 0.326 e. The lowest BCUT2D eigenvalue weighted by Gasteiger charge is -2.26. The maximum Gasteiger partial charge on any atom is 0.326 e. The van der Waals surface area contributed by atoms with E-state index in [1.54, 1.807) is 6.21 Å². The number of carbonyl (C=O) groups excluding carboxylic acids is 2. The van der Waals surface area contributed by atoms with Gasteiger partial charge in [-0.1, -0.05) is 24.3 Å². The van der Waals surface area contributed by atoms with Crippen LogP contribution in [0.5, 0.6) is 0 Å². The first-order valence-corrected chi connectivity index (χ1v) is 11.9. The van der Waals surface area contributed by atoms with Crippen molar-refractivity contribution in [1.82, 2.24) is 20.9 Å². The highest BCUT2D eigenvalue weighted by atomic mass is 16.5. The first-order valence-electron chi connectivity index (χ1n) is 11.9. The van der Waals surface area contributed by atoms with E-state index in [1.165, 1.54) is 11.6 Å². The molecule has 1 unspecified atom stereocenters. The van der Waals surface area contributed by atoms with Crippen LogP contribution in [-0.4, -0.2) is 73.1 Å². The number of nitrogens with zero attached hydrogens (tertiary/aromatic N) is 4. The fourth-order valence-electron chi connectivity index (χ4n) is 4.06. The van der Waals surface area contributed by atoms with E-state index in [-0.39, 0.29) is 5.70 Å². The summed E-state index contributed by atoms with van der Waals surface area (Å²) in [5.74, 6) is 0.191. The van der Waals surface area contributed by atoms with Crippen molar-refractivity contribution in [3.63, 3.8) is 0 Å². The van der Waals surface area contributed by atoms with Crippen molar-refractivity contribution in [1.29, 1.82) is 0 Å². The Bertz CT molecular complexity index is 1160. The number of ether oxygens (including phenoxy) is 1. The molecule has 1 aromatic rings. The molecule has 1 aliphatic carbocycles. The van der Waals surface area contributed by atoms with Crippen LogP contribution < -0.4 is 16.0 Å². The molecule has 1 atom stereocenters. The standard InChI is InChI=1S/C25H29N7O3/c1-2-20(17-5-3-4-16(12-17)15-32-8-10-35-11-9-32)29-23(27-18-6-7-18)22-26-14-19(28-22)13-21-24(33)31-25(34)30-21/h2-5,12-14,18,22H,6-11,15H2,1H3,(H,27,29)(H2,30,31,33,34)/b20-2-,21-13-. The van der Waals surface area contributed by atoms with Gasteiger partial charge in [-0.05, 0) is 37.5 Å². The van der Waals surface area contributed by atoms with Gasteiger partial charge < -0.3 is 15.4 Å². The second-order valence-corrected chi connectivity index (χ2v) is 8.85. The van der Waals surface area contributed by atoms with Gasteiger partial charge in [0.05, 0.1) is 24.6 Å². The molecule has 10 nitrogen and oxygen atoms in total. The van der Waals surface area contributed by atoms with Crippen LogP contribution in [0.2, 0.25) is 0 Å². The lowest BCUT2D eigenvalue weighted by molar-refractivity contribution is -0.115. The Morgan fingerprint density at radius 3 is 2.80 bits per heavy atom. The summed E-state index contributed by atoms with van der Waals surface area (Å²) in [5.41, 5.74) is 3.77. The maximum atomic E-state index is 11.8. The third-order valence-electron chi connectivity index (χ3n) is 6.05. The predicted molar refractivity (Wildman–Crippen MR) is 134 cm³/mol. The van der Waals surface area contributed by atoms with Crippen LogP contribution in [0, 0.1) is 0 Å². The number of amidine groups is 1. The van der Waals surface area contributed by atoms with Crippen LogP contribution in [-0.2, 0) is 16.1 Å². The Labute approximate surface area is 203 Å². The van der Waals surface area contributed by atoms with Crippen LogP contribution in [0.1, 0.15) is 30.9 Å². The Morgan fingerprint density at radius 1 is 1.26 bits per heavy atom. The van der Waals surface area contributed by atoms with E-state index in [2.05, 4.69) is 55.1 Å². The molecule has 1 saturated carbocycles. The Hall–Kier alpha value is -3.63. The first-order chi connectivity index (χ1) is 17.1. The van der Waals surface area contributed by atoms with Crippen LogP contribution in [0.3, 0.4) is 0 Å². The maximum absolute atomic E-state index is 11.8. The van der Waals surface area contributed by atoms with Crippen LogP contribution >= 0.6 is 0 Å². The van der Waals surface area contributed by atoms with E-state index < -0.39 is 18.1 Å². The zero-order valence-electron chi connectivity index (χ0n) is 19.7. The fraction of sp³-hybridized carbons (Fsp3) is 0.400. The molecule has 5 rings (SSSR count). The zero-order valence-corrected chi connectivity index (χ0v) is 19.7. The van der Waals surface area contributed by atoms with Gasteiger partial charge in [0.2, 0.25) is 0 Å². The number of carbonyl (C=O) groups is 2. The normalized spacial score (nSPS) is 24.5. The van der Waals surface area contributed by atoms with Gasteiger partial charge in [-0.3, -0.25) is 20.0 Å². The number of hydrogen-bond donors (Lipinski definition) is 3. The molecule has 0 spiro atoms. The van der Waals surface area contributed by atoms with Crippen molar-refractivity contribution >= 4 is 35.4 Å². The fourth-order valence-corrected chi connectivity index (χ4v) is 4.06. The number of morpholine rings is 1. The number of aliphatic imine (C=N–C) groups is 3. The molecule has 0 aromatic heterocycles.